The summed E-state index contributed by atoms with van der Waals surface area (Å²) in [6.07, 6.45) is 2.17. The van der Waals surface area contributed by atoms with Crippen LogP contribution in [0.3, 0.4) is 0 Å². The molecule has 3 nitrogen and oxygen atoms in total. The average molecular weight is 211 g/mol. The minimum Gasteiger partial charge on any atom is -0.392 e. The molecule has 0 aromatic heterocycles. The smallest absolute Gasteiger partial charge is 0.217 e. The molecular formula is C12H21NO2. The van der Waals surface area contributed by atoms with Gasteiger partial charge >= 0.3 is 0 Å². The Balaban J connectivity index is 2.29. The Kier molecular flexibility index (Phi) is 2.16. The lowest BCUT2D eigenvalue weighted by atomic mass is 9.70. The number of carbonyl (C=O) groups excluding carboxylic acids is 1. The van der Waals surface area contributed by atoms with Gasteiger partial charge in [0.05, 0.1) is 6.10 Å². The molecule has 0 radical (unpaired) electrons. The lowest BCUT2D eigenvalue weighted by Gasteiger charge is -2.37. The maximum Gasteiger partial charge on any atom is 0.217 e. The fourth-order valence-corrected chi connectivity index (χ4v) is 4.02. The molecule has 2 aliphatic rings. The van der Waals surface area contributed by atoms with Gasteiger partial charge in [-0.25, -0.2) is 0 Å². The molecule has 0 spiro atoms. The van der Waals surface area contributed by atoms with Crippen molar-refractivity contribution in [3.05, 3.63) is 0 Å². The van der Waals surface area contributed by atoms with E-state index in [0.717, 1.165) is 12.8 Å². The molecule has 0 aliphatic heterocycles. The summed E-state index contributed by atoms with van der Waals surface area (Å²) in [7, 11) is 0. The monoisotopic (exact) mass is 211 g/mol. The van der Waals surface area contributed by atoms with Crippen molar-refractivity contribution in [1.82, 2.24) is 0 Å². The Morgan fingerprint density at radius 2 is 2.07 bits per heavy atom. The average Bonchev–Trinajstić information content (AvgIpc) is 2.40. The molecule has 2 bridgehead atoms. The minimum atomic E-state index is -0.362. The summed E-state index contributed by atoms with van der Waals surface area (Å²) in [5.41, 5.74) is 5.35. The fraction of sp³-hybridized carbons (Fsp3) is 0.917. The van der Waals surface area contributed by atoms with Crippen molar-refractivity contribution < 1.29 is 9.90 Å². The van der Waals surface area contributed by atoms with Crippen molar-refractivity contribution in [3.8, 4) is 0 Å². The maximum absolute atomic E-state index is 11.0. The number of hydrogen-bond acceptors (Lipinski definition) is 2. The van der Waals surface area contributed by atoms with Gasteiger partial charge in [0.2, 0.25) is 5.91 Å². The molecule has 2 rings (SSSR count). The van der Waals surface area contributed by atoms with Crippen LogP contribution >= 0.6 is 0 Å². The van der Waals surface area contributed by atoms with E-state index in [1.165, 1.54) is 0 Å². The van der Waals surface area contributed by atoms with Crippen molar-refractivity contribution >= 4 is 5.91 Å². The Morgan fingerprint density at radius 1 is 1.47 bits per heavy atom. The van der Waals surface area contributed by atoms with Gasteiger partial charge in [0.1, 0.15) is 0 Å². The van der Waals surface area contributed by atoms with Crippen molar-refractivity contribution in [2.75, 3.05) is 0 Å². The third-order valence-corrected chi connectivity index (χ3v) is 5.39. The number of fused-ring (bicyclic) bond motifs is 2. The number of rotatable bonds is 2. The highest BCUT2D eigenvalue weighted by Gasteiger charge is 2.65. The van der Waals surface area contributed by atoms with Gasteiger partial charge in [0, 0.05) is 6.42 Å². The van der Waals surface area contributed by atoms with E-state index in [1.54, 1.807) is 0 Å². The molecule has 2 fully saturated rings. The molecule has 0 aromatic carbocycles. The molecule has 1 amide bonds. The highest BCUT2D eigenvalue weighted by molar-refractivity contribution is 5.74. The van der Waals surface area contributed by atoms with Crippen LogP contribution in [-0.2, 0) is 4.79 Å². The van der Waals surface area contributed by atoms with Gasteiger partial charge in [-0.05, 0) is 35.5 Å². The van der Waals surface area contributed by atoms with Crippen molar-refractivity contribution in [2.24, 2.45) is 28.4 Å². The largest absolute Gasteiger partial charge is 0.392 e. The van der Waals surface area contributed by atoms with Crippen LogP contribution in [0, 0.1) is 22.7 Å². The number of nitrogens with two attached hydrogens (primary N) is 1. The summed E-state index contributed by atoms with van der Waals surface area (Å²) in [4.78, 5) is 11.0. The van der Waals surface area contributed by atoms with Crippen LogP contribution < -0.4 is 5.73 Å². The third kappa shape index (κ3) is 1.19. The van der Waals surface area contributed by atoms with Crippen molar-refractivity contribution in [3.63, 3.8) is 0 Å². The van der Waals surface area contributed by atoms with Crippen LogP contribution in [-0.4, -0.2) is 17.1 Å². The second-order valence-corrected chi connectivity index (χ2v) is 6.06. The van der Waals surface area contributed by atoms with Gasteiger partial charge in [0.15, 0.2) is 0 Å². The summed E-state index contributed by atoms with van der Waals surface area (Å²) in [5.74, 6) is 0.243. The zero-order chi connectivity index (χ0) is 11.4. The highest BCUT2D eigenvalue weighted by atomic mass is 16.3. The van der Waals surface area contributed by atoms with Crippen LogP contribution in [0.25, 0.3) is 0 Å². The first-order valence-electron chi connectivity index (χ1n) is 5.77. The van der Waals surface area contributed by atoms with Gasteiger partial charge in [-0.1, -0.05) is 20.8 Å². The molecule has 2 aliphatic carbocycles. The van der Waals surface area contributed by atoms with E-state index >= 15 is 0 Å². The number of aliphatic hydroxyl groups is 1. The van der Waals surface area contributed by atoms with Crippen molar-refractivity contribution in [1.29, 1.82) is 0 Å². The quantitative estimate of drug-likeness (QED) is 0.723. The molecular weight excluding hydrogens is 190 g/mol. The summed E-state index contributed by atoms with van der Waals surface area (Å²) < 4.78 is 0. The molecule has 0 saturated heterocycles. The molecule has 3 heteroatoms. The molecule has 4 atom stereocenters. The number of aliphatic hydroxyl groups excluding tert-OH is 1. The standard InChI is InChI=1S/C12H21NO2/c1-11(2)8-4-5-12(11,3)10(15)7(8)6-9(13)14/h7-8,10,15H,4-6H2,1-3H3,(H2,13,14). The second-order valence-electron chi connectivity index (χ2n) is 6.06. The van der Waals surface area contributed by atoms with Gasteiger partial charge < -0.3 is 10.8 Å². The topological polar surface area (TPSA) is 63.3 Å². The van der Waals surface area contributed by atoms with E-state index in [9.17, 15) is 9.90 Å². The predicted molar refractivity (Wildman–Crippen MR) is 57.9 cm³/mol. The summed E-state index contributed by atoms with van der Waals surface area (Å²) in [6, 6.07) is 0. The molecule has 3 N–H and O–H groups in total. The summed E-state index contributed by atoms with van der Waals surface area (Å²) in [5, 5.41) is 10.3. The SMILES string of the molecule is CC1(C)C2CCC1(C)C(O)C2CC(N)=O. The molecule has 86 valence electrons. The number of carbonyl (C=O) groups is 1. The van der Waals surface area contributed by atoms with Crippen LogP contribution in [0.1, 0.15) is 40.0 Å². The van der Waals surface area contributed by atoms with Gasteiger partial charge in [-0.15, -0.1) is 0 Å². The number of hydrogen-bond donors (Lipinski definition) is 2. The van der Waals surface area contributed by atoms with Crippen LogP contribution in [0.2, 0.25) is 0 Å². The molecule has 15 heavy (non-hydrogen) atoms. The number of amides is 1. The molecule has 0 aromatic rings. The van der Waals surface area contributed by atoms with E-state index in [0.29, 0.717) is 12.3 Å². The Labute approximate surface area is 91.0 Å². The molecule has 0 heterocycles. The van der Waals surface area contributed by atoms with E-state index in [2.05, 4.69) is 20.8 Å². The van der Waals surface area contributed by atoms with Gasteiger partial charge in [-0.2, -0.15) is 0 Å². The predicted octanol–water partition coefficient (Wildman–Crippen LogP) is 1.29. The first-order valence-corrected chi connectivity index (χ1v) is 5.77. The van der Waals surface area contributed by atoms with Gasteiger partial charge in [-0.3, -0.25) is 4.79 Å². The van der Waals surface area contributed by atoms with Crippen LogP contribution in [0.5, 0.6) is 0 Å². The van der Waals surface area contributed by atoms with E-state index in [4.69, 9.17) is 5.73 Å². The summed E-state index contributed by atoms with van der Waals surface area (Å²) in [6.45, 7) is 6.59. The summed E-state index contributed by atoms with van der Waals surface area (Å²) >= 11 is 0. The molecule has 4 unspecified atom stereocenters. The Bertz CT molecular complexity index is 300. The number of primary amides is 1. The second kappa shape index (κ2) is 2.97. The highest BCUT2D eigenvalue weighted by Crippen LogP contribution is 2.68. The zero-order valence-electron chi connectivity index (χ0n) is 9.79. The van der Waals surface area contributed by atoms with E-state index in [-0.39, 0.29) is 28.8 Å². The van der Waals surface area contributed by atoms with Crippen LogP contribution in [0.15, 0.2) is 0 Å². The zero-order valence-corrected chi connectivity index (χ0v) is 9.79. The Morgan fingerprint density at radius 3 is 2.47 bits per heavy atom. The minimum absolute atomic E-state index is 0.0300. The van der Waals surface area contributed by atoms with E-state index in [1.807, 2.05) is 0 Å². The fourth-order valence-electron chi connectivity index (χ4n) is 4.02. The third-order valence-electron chi connectivity index (χ3n) is 5.39. The van der Waals surface area contributed by atoms with Crippen molar-refractivity contribution in [2.45, 2.75) is 46.1 Å². The van der Waals surface area contributed by atoms with E-state index < -0.39 is 0 Å². The Hall–Kier alpha value is -0.570. The first-order chi connectivity index (χ1) is 6.80. The first kappa shape index (κ1) is 10.9. The lowest BCUT2D eigenvalue weighted by molar-refractivity contribution is -0.120. The van der Waals surface area contributed by atoms with Crippen LogP contribution in [0.4, 0.5) is 0 Å². The molecule has 2 saturated carbocycles. The normalized spacial score (nSPS) is 47.1. The maximum atomic E-state index is 11.0. The van der Waals surface area contributed by atoms with Gasteiger partial charge in [0.25, 0.3) is 0 Å². The lowest BCUT2D eigenvalue weighted by Crippen LogP contribution is -2.38.